The Morgan fingerprint density at radius 1 is 0.667 bits per heavy atom. The summed E-state index contributed by atoms with van der Waals surface area (Å²) in [6, 6.07) is 29.2. The Bertz CT molecular complexity index is 937. The van der Waals surface area contributed by atoms with Crippen molar-refractivity contribution in [3.05, 3.63) is 108 Å². The van der Waals surface area contributed by atoms with Gasteiger partial charge in [-0.2, -0.15) is 0 Å². The second-order valence-electron chi connectivity index (χ2n) is 8.08. The van der Waals surface area contributed by atoms with Crippen LogP contribution in [0.2, 0.25) is 0 Å². The van der Waals surface area contributed by atoms with Gasteiger partial charge in [0.05, 0.1) is 26.4 Å². The Morgan fingerprint density at radius 2 is 1.12 bits per heavy atom. The maximum Gasteiger partial charge on any atom is 0.184 e. The molecule has 5 atom stereocenters. The Kier molecular flexibility index (Phi) is 8.60. The van der Waals surface area contributed by atoms with Crippen LogP contribution >= 0.6 is 0 Å². The maximum absolute atomic E-state index is 10.8. The highest BCUT2D eigenvalue weighted by Crippen LogP contribution is 2.29. The molecule has 6 nitrogen and oxygen atoms in total. The van der Waals surface area contributed by atoms with Crippen LogP contribution in [-0.4, -0.2) is 47.5 Å². The van der Waals surface area contributed by atoms with E-state index in [0.717, 1.165) is 16.7 Å². The standard InChI is InChI=1S/C27H30O6/c28-23(19-30-16-20-10-4-1-5-11-20)24-25(31-17-21-12-6-2-7-13-21)26(27(29)33-24)32-18-22-14-8-3-9-15-22/h1-15,23-29H,16-19H2/t23-,24+,25+,26-,27?/m1/s1. The number of hydrogen-bond donors (Lipinski definition) is 2. The molecular weight excluding hydrogens is 420 g/mol. The number of hydrogen-bond acceptors (Lipinski definition) is 6. The number of aliphatic hydroxyl groups is 2. The maximum atomic E-state index is 10.8. The lowest BCUT2D eigenvalue weighted by Crippen LogP contribution is -2.43. The van der Waals surface area contributed by atoms with Crippen molar-refractivity contribution < 1.29 is 29.2 Å². The Labute approximate surface area is 194 Å². The predicted molar refractivity (Wildman–Crippen MR) is 123 cm³/mol. The van der Waals surface area contributed by atoms with Gasteiger partial charge in [0.2, 0.25) is 0 Å². The molecule has 3 aromatic carbocycles. The first-order chi connectivity index (χ1) is 16.2. The summed E-state index contributed by atoms with van der Waals surface area (Å²) in [5.74, 6) is 0. The van der Waals surface area contributed by atoms with Gasteiger partial charge in [0, 0.05) is 0 Å². The SMILES string of the molecule is OC1O[C@@H]([C@H](O)COCc2ccccc2)[C@H](OCc2ccccc2)[C@H]1OCc1ccccc1. The average Bonchev–Trinajstić information content (AvgIpc) is 3.18. The zero-order valence-electron chi connectivity index (χ0n) is 18.4. The van der Waals surface area contributed by atoms with Crippen molar-refractivity contribution in [2.24, 2.45) is 0 Å². The second kappa shape index (κ2) is 12.0. The molecule has 0 amide bonds. The fraction of sp³-hybridized carbons (Fsp3) is 0.333. The first kappa shape index (κ1) is 23.6. The summed E-state index contributed by atoms with van der Waals surface area (Å²) in [5, 5.41) is 21.4. The van der Waals surface area contributed by atoms with E-state index in [4.69, 9.17) is 18.9 Å². The van der Waals surface area contributed by atoms with Gasteiger partial charge in [0.1, 0.15) is 24.4 Å². The first-order valence-corrected chi connectivity index (χ1v) is 11.1. The summed E-state index contributed by atoms with van der Waals surface area (Å²) in [7, 11) is 0. The number of rotatable bonds is 11. The van der Waals surface area contributed by atoms with Crippen LogP contribution < -0.4 is 0 Å². The smallest absolute Gasteiger partial charge is 0.184 e. The molecule has 1 aliphatic rings. The van der Waals surface area contributed by atoms with E-state index in [0.29, 0.717) is 19.8 Å². The number of ether oxygens (including phenoxy) is 4. The Hall–Kier alpha value is -2.58. The molecule has 2 N–H and O–H groups in total. The largest absolute Gasteiger partial charge is 0.388 e. The van der Waals surface area contributed by atoms with E-state index in [1.165, 1.54) is 0 Å². The molecule has 0 aliphatic carbocycles. The average molecular weight is 451 g/mol. The molecule has 1 aliphatic heterocycles. The van der Waals surface area contributed by atoms with Crippen LogP contribution in [0.3, 0.4) is 0 Å². The Morgan fingerprint density at radius 3 is 1.64 bits per heavy atom. The van der Waals surface area contributed by atoms with E-state index in [9.17, 15) is 10.2 Å². The van der Waals surface area contributed by atoms with Crippen molar-refractivity contribution in [1.82, 2.24) is 0 Å². The number of benzene rings is 3. The van der Waals surface area contributed by atoms with Crippen LogP contribution in [0.1, 0.15) is 16.7 Å². The first-order valence-electron chi connectivity index (χ1n) is 11.1. The van der Waals surface area contributed by atoms with Crippen molar-refractivity contribution in [2.45, 2.75) is 50.5 Å². The molecule has 0 bridgehead atoms. The third-order valence-electron chi connectivity index (χ3n) is 5.58. The van der Waals surface area contributed by atoms with Gasteiger partial charge in [0.25, 0.3) is 0 Å². The van der Waals surface area contributed by atoms with Gasteiger partial charge in [-0.25, -0.2) is 0 Å². The van der Waals surface area contributed by atoms with Crippen molar-refractivity contribution in [3.8, 4) is 0 Å². The van der Waals surface area contributed by atoms with Crippen LogP contribution in [0.4, 0.5) is 0 Å². The predicted octanol–water partition coefficient (Wildman–Crippen LogP) is 3.45. The van der Waals surface area contributed by atoms with E-state index in [2.05, 4.69) is 0 Å². The van der Waals surface area contributed by atoms with Crippen LogP contribution in [0.5, 0.6) is 0 Å². The molecule has 0 spiro atoms. The highest BCUT2D eigenvalue weighted by Gasteiger charge is 2.48. The summed E-state index contributed by atoms with van der Waals surface area (Å²) >= 11 is 0. The Balaban J connectivity index is 1.40. The molecule has 1 unspecified atom stereocenters. The van der Waals surface area contributed by atoms with E-state index in [-0.39, 0.29) is 6.61 Å². The molecule has 0 radical (unpaired) electrons. The van der Waals surface area contributed by atoms with Crippen molar-refractivity contribution in [2.75, 3.05) is 6.61 Å². The molecular formula is C27H30O6. The van der Waals surface area contributed by atoms with Crippen LogP contribution in [0.25, 0.3) is 0 Å². The monoisotopic (exact) mass is 450 g/mol. The summed E-state index contributed by atoms with van der Waals surface area (Å²) in [6.45, 7) is 1.02. The second-order valence-corrected chi connectivity index (χ2v) is 8.08. The zero-order valence-corrected chi connectivity index (χ0v) is 18.4. The molecule has 1 heterocycles. The van der Waals surface area contributed by atoms with Gasteiger partial charge in [-0.05, 0) is 16.7 Å². The molecule has 33 heavy (non-hydrogen) atoms. The van der Waals surface area contributed by atoms with Gasteiger partial charge in [0.15, 0.2) is 6.29 Å². The summed E-state index contributed by atoms with van der Waals surface area (Å²) in [4.78, 5) is 0. The van der Waals surface area contributed by atoms with Crippen molar-refractivity contribution in [1.29, 1.82) is 0 Å². The molecule has 1 fully saturated rings. The van der Waals surface area contributed by atoms with Crippen LogP contribution in [0, 0.1) is 0 Å². The highest BCUT2D eigenvalue weighted by molar-refractivity contribution is 5.15. The zero-order chi connectivity index (χ0) is 22.9. The normalized spacial score (nSPS) is 23.5. The molecule has 3 aromatic rings. The fourth-order valence-electron chi connectivity index (χ4n) is 3.84. The van der Waals surface area contributed by atoms with E-state index >= 15 is 0 Å². The summed E-state index contributed by atoms with van der Waals surface area (Å²) in [6.07, 6.45) is -4.42. The van der Waals surface area contributed by atoms with E-state index in [1.54, 1.807) is 0 Å². The van der Waals surface area contributed by atoms with Gasteiger partial charge >= 0.3 is 0 Å². The fourth-order valence-corrected chi connectivity index (χ4v) is 3.84. The lowest BCUT2D eigenvalue weighted by atomic mass is 10.1. The quantitative estimate of drug-likeness (QED) is 0.466. The molecule has 174 valence electrons. The van der Waals surface area contributed by atoms with E-state index in [1.807, 2.05) is 91.0 Å². The minimum Gasteiger partial charge on any atom is -0.388 e. The third-order valence-corrected chi connectivity index (χ3v) is 5.58. The third kappa shape index (κ3) is 6.71. The van der Waals surface area contributed by atoms with Crippen LogP contribution in [0.15, 0.2) is 91.0 Å². The molecule has 0 saturated carbocycles. The number of aliphatic hydroxyl groups excluding tert-OH is 2. The van der Waals surface area contributed by atoms with Gasteiger partial charge in [-0.15, -0.1) is 0 Å². The van der Waals surface area contributed by atoms with Gasteiger partial charge in [-0.3, -0.25) is 0 Å². The molecule has 6 heteroatoms. The highest BCUT2D eigenvalue weighted by atomic mass is 16.7. The van der Waals surface area contributed by atoms with Gasteiger partial charge in [-0.1, -0.05) is 91.0 Å². The lowest BCUT2D eigenvalue weighted by Gasteiger charge is -2.26. The van der Waals surface area contributed by atoms with Crippen molar-refractivity contribution in [3.63, 3.8) is 0 Å². The topological polar surface area (TPSA) is 77.4 Å². The lowest BCUT2D eigenvalue weighted by molar-refractivity contribution is -0.163. The minimum atomic E-state index is -1.22. The van der Waals surface area contributed by atoms with E-state index < -0.39 is 30.7 Å². The minimum absolute atomic E-state index is 0.0445. The molecule has 4 rings (SSSR count). The molecule has 0 aromatic heterocycles. The van der Waals surface area contributed by atoms with Gasteiger partial charge < -0.3 is 29.2 Å². The summed E-state index contributed by atoms with van der Waals surface area (Å²) < 4.78 is 23.5. The van der Waals surface area contributed by atoms with Crippen LogP contribution in [-0.2, 0) is 38.8 Å². The molecule has 1 saturated heterocycles. The van der Waals surface area contributed by atoms with Crippen molar-refractivity contribution >= 4 is 0 Å². The summed E-state index contributed by atoms with van der Waals surface area (Å²) in [5.41, 5.74) is 2.97.